The highest BCUT2D eigenvalue weighted by Crippen LogP contribution is 2.28. The molecule has 0 aliphatic carbocycles. The first-order valence-electron chi connectivity index (χ1n) is 7.77. The number of amides is 1. The number of aromatic nitrogens is 1. The zero-order valence-corrected chi connectivity index (χ0v) is 15.4. The van der Waals surface area contributed by atoms with E-state index in [4.69, 9.17) is 16.0 Å². The molecule has 0 spiro atoms. The molecule has 0 bridgehead atoms. The van der Waals surface area contributed by atoms with E-state index in [1.807, 2.05) is 39.0 Å². The topological polar surface area (TPSA) is 72.6 Å². The standard InChI is InChI=1S/C18H21ClN2O4/c1-18(2,3)21(10-14-20-13(11-25-14)17(23)24-4)16(22)15(19)12-8-6-5-7-9-12/h5-9,11,15H,10H2,1-4H3. The maximum atomic E-state index is 12.9. The van der Waals surface area contributed by atoms with Crippen LogP contribution < -0.4 is 0 Å². The van der Waals surface area contributed by atoms with E-state index in [2.05, 4.69) is 9.72 Å². The van der Waals surface area contributed by atoms with Gasteiger partial charge in [-0.15, -0.1) is 11.6 Å². The predicted molar refractivity (Wildman–Crippen MR) is 93.2 cm³/mol. The number of hydrogen-bond acceptors (Lipinski definition) is 5. The molecule has 134 valence electrons. The van der Waals surface area contributed by atoms with Crippen LogP contribution in [0.5, 0.6) is 0 Å². The molecule has 1 atom stereocenters. The molecule has 2 rings (SSSR count). The number of ether oxygens (including phenoxy) is 1. The van der Waals surface area contributed by atoms with E-state index in [0.29, 0.717) is 5.56 Å². The number of methoxy groups -OCH3 is 1. The molecule has 0 aliphatic heterocycles. The number of halogens is 1. The fraction of sp³-hybridized carbons (Fsp3) is 0.389. The van der Waals surface area contributed by atoms with Crippen molar-refractivity contribution in [3.8, 4) is 0 Å². The Bertz CT molecular complexity index is 737. The summed E-state index contributed by atoms with van der Waals surface area (Å²) in [5.74, 6) is -0.623. The summed E-state index contributed by atoms with van der Waals surface area (Å²) < 4.78 is 9.90. The number of alkyl halides is 1. The van der Waals surface area contributed by atoms with E-state index in [-0.39, 0.29) is 24.0 Å². The Morgan fingerprint density at radius 2 is 1.92 bits per heavy atom. The van der Waals surface area contributed by atoms with Crippen LogP contribution in [-0.2, 0) is 16.1 Å². The molecule has 1 aromatic carbocycles. The molecule has 0 fully saturated rings. The van der Waals surface area contributed by atoms with Gasteiger partial charge in [0.2, 0.25) is 11.8 Å². The van der Waals surface area contributed by atoms with Gasteiger partial charge < -0.3 is 14.1 Å². The van der Waals surface area contributed by atoms with Gasteiger partial charge in [-0.3, -0.25) is 4.79 Å². The number of carbonyl (C=O) groups is 2. The van der Waals surface area contributed by atoms with Gasteiger partial charge in [-0.05, 0) is 26.3 Å². The van der Waals surface area contributed by atoms with Crippen molar-refractivity contribution in [1.82, 2.24) is 9.88 Å². The minimum absolute atomic E-state index is 0.0595. The van der Waals surface area contributed by atoms with Gasteiger partial charge in [-0.1, -0.05) is 30.3 Å². The molecule has 2 aromatic rings. The van der Waals surface area contributed by atoms with Crippen molar-refractivity contribution in [3.05, 3.63) is 53.7 Å². The summed E-state index contributed by atoms with van der Waals surface area (Å²) >= 11 is 6.39. The summed E-state index contributed by atoms with van der Waals surface area (Å²) in [6.07, 6.45) is 1.21. The summed E-state index contributed by atoms with van der Waals surface area (Å²) in [7, 11) is 1.26. The lowest BCUT2D eigenvalue weighted by Crippen LogP contribution is -2.46. The normalized spacial score (nSPS) is 12.5. The number of rotatable bonds is 5. The van der Waals surface area contributed by atoms with Crippen LogP contribution in [0.25, 0.3) is 0 Å². The van der Waals surface area contributed by atoms with Crippen LogP contribution in [-0.4, -0.2) is 34.4 Å². The molecule has 0 aliphatic rings. The Morgan fingerprint density at radius 3 is 2.48 bits per heavy atom. The van der Waals surface area contributed by atoms with Crippen molar-refractivity contribution in [3.63, 3.8) is 0 Å². The van der Waals surface area contributed by atoms with Gasteiger partial charge >= 0.3 is 5.97 Å². The molecule has 6 nitrogen and oxygen atoms in total. The fourth-order valence-corrected chi connectivity index (χ4v) is 2.53. The summed E-state index contributed by atoms with van der Waals surface area (Å²) in [4.78, 5) is 30.1. The second-order valence-corrected chi connectivity index (χ2v) is 6.92. The minimum Gasteiger partial charge on any atom is -0.464 e. The van der Waals surface area contributed by atoms with Gasteiger partial charge in [0.05, 0.1) is 13.7 Å². The first kappa shape index (κ1) is 19.0. The van der Waals surface area contributed by atoms with Crippen LogP contribution in [0.3, 0.4) is 0 Å². The van der Waals surface area contributed by atoms with Crippen molar-refractivity contribution < 1.29 is 18.7 Å². The number of carbonyl (C=O) groups excluding carboxylic acids is 2. The first-order valence-corrected chi connectivity index (χ1v) is 8.21. The van der Waals surface area contributed by atoms with E-state index >= 15 is 0 Å². The lowest BCUT2D eigenvalue weighted by molar-refractivity contribution is -0.137. The average molecular weight is 365 g/mol. The first-order chi connectivity index (χ1) is 11.7. The molecule has 7 heteroatoms. The quantitative estimate of drug-likeness (QED) is 0.599. The second-order valence-electron chi connectivity index (χ2n) is 6.49. The van der Waals surface area contributed by atoms with Crippen LogP contribution >= 0.6 is 11.6 Å². The smallest absolute Gasteiger partial charge is 0.360 e. The van der Waals surface area contributed by atoms with E-state index in [0.717, 1.165) is 0 Å². The molecular formula is C18H21ClN2O4. The molecule has 1 amide bonds. The molecule has 25 heavy (non-hydrogen) atoms. The van der Waals surface area contributed by atoms with Crippen LogP contribution in [0, 0.1) is 0 Å². The molecule has 0 saturated carbocycles. The van der Waals surface area contributed by atoms with Crippen molar-refractivity contribution >= 4 is 23.5 Å². The highest BCUT2D eigenvalue weighted by molar-refractivity contribution is 6.30. The third-order valence-corrected chi connectivity index (χ3v) is 4.06. The SMILES string of the molecule is COC(=O)c1coc(CN(C(=O)C(Cl)c2ccccc2)C(C)(C)C)n1. The summed E-state index contributed by atoms with van der Waals surface area (Å²) in [5, 5.41) is -0.824. The zero-order valence-electron chi connectivity index (χ0n) is 14.7. The molecule has 0 N–H and O–H groups in total. The summed E-state index contributed by atoms with van der Waals surface area (Å²) in [6, 6.07) is 9.13. The Morgan fingerprint density at radius 1 is 1.28 bits per heavy atom. The largest absolute Gasteiger partial charge is 0.464 e. The number of nitrogens with zero attached hydrogens (tertiary/aromatic N) is 2. The van der Waals surface area contributed by atoms with Crippen molar-refractivity contribution in [2.24, 2.45) is 0 Å². The molecule has 1 unspecified atom stereocenters. The van der Waals surface area contributed by atoms with Crippen molar-refractivity contribution in [2.45, 2.75) is 38.2 Å². The Labute approximate surface area is 151 Å². The molecule has 0 radical (unpaired) electrons. The second kappa shape index (κ2) is 7.70. The van der Waals surface area contributed by atoms with Gasteiger partial charge in [0.15, 0.2) is 5.69 Å². The monoisotopic (exact) mass is 364 g/mol. The Kier molecular flexibility index (Phi) is 5.85. The number of oxazole rings is 1. The highest BCUT2D eigenvalue weighted by atomic mass is 35.5. The van der Waals surface area contributed by atoms with Crippen LogP contribution in [0.2, 0.25) is 0 Å². The maximum Gasteiger partial charge on any atom is 0.360 e. The van der Waals surface area contributed by atoms with E-state index in [1.54, 1.807) is 17.0 Å². The lowest BCUT2D eigenvalue weighted by Gasteiger charge is -2.36. The summed E-state index contributed by atoms with van der Waals surface area (Å²) in [5.41, 5.74) is 0.259. The third kappa shape index (κ3) is 4.60. The Balaban J connectivity index is 2.23. The highest BCUT2D eigenvalue weighted by Gasteiger charge is 2.33. The van der Waals surface area contributed by atoms with Gasteiger partial charge in [-0.25, -0.2) is 9.78 Å². The molecular weight excluding hydrogens is 344 g/mol. The van der Waals surface area contributed by atoms with Crippen LogP contribution in [0.1, 0.15) is 48.1 Å². The van der Waals surface area contributed by atoms with Crippen LogP contribution in [0.15, 0.2) is 41.0 Å². The molecule has 1 heterocycles. The summed E-state index contributed by atoms with van der Waals surface area (Å²) in [6.45, 7) is 5.77. The van der Waals surface area contributed by atoms with Crippen LogP contribution in [0.4, 0.5) is 0 Å². The Hall–Kier alpha value is -2.34. The minimum atomic E-state index is -0.824. The molecule has 0 saturated heterocycles. The van der Waals surface area contributed by atoms with Gasteiger partial charge in [0.25, 0.3) is 0 Å². The van der Waals surface area contributed by atoms with Crippen molar-refractivity contribution in [1.29, 1.82) is 0 Å². The molecule has 1 aromatic heterocycles. The number of benzene rings is 1. The van der Waals surface area contributed by atoms with Gasteiger partial charge in [-0.2, -0.15) is 0 Å². The predicted octanol–water partition coefficient (Wildman–Crippen LogP) is 3.57. The van der Waals surface area contributed by atoms with E-state index in [9.17, 15) is 9.59 Å². The lowest BCUT2D eigenvalue weighted by atomic mass is 10.0. The average Bonchev–Trinajstić information content (AvgIpc) is 3.06. The zero-order chi connectivity index (χ0) is 18.6. The van der Waals surface area contributed by atoms with E-state index < -0.39 is 16.9 Å². The van der Waals surface area contributed by atoms with Crippen molar-refractivity contribution in [2.75, 3.05) is 7.11 Å². The van der Waals surface area contributed by atoms with Gasteiger partial charge in [0, 0.05) is 5.54 Å². The maximum absolute atomic E-state index is 12.9. The third-order valence-electron chi connectivity index (χ3n) is 3.62. The fourth-order valence-electron chi connectivity index (χ4n) is 2.26. The van der Waals surface area contributed by atoms with Gasteiger partial charge in [0.1, 0.15) is 11.6 Å². The van der Waals surface area contributed by atoms with E-state index in [1.165, 1.54) is 13.4 Å². The number of esters is 1. The number of hydrogen-bond donors (Lipinski definition) is 0.